The topological polar surface area (TPSA) is 38.7 Å². The Morgan fingerprint density at radius 3 is 2.58 bits per heavy atom. The van der Waals surface area contributed by atoms with Gasteiger partial charge in [0.25, 0.3) is 0 Å². The molecule has 96 valence electrons. The van der Waals surface area contributed by atoms with E-state index in [4.69, 9.17) is 9.47 Å². The summed E-state index contributed by atoms with van der Waals surface area (Å²) in [5.74, 6) is 1.54. The van der Waals surface area contributed by atoms with Crippen molar-refractivity contribution in [2.75, 3.05) is 6.79 Å². The molecule has 1 heterocycles. The molecule has 0 bridgehead atoms. The highest BCUT2D eigenvalue weighted by molar-refractivity contribution is 5.54. The number of aromatic hydroxyl groups is 1. The Hall–Kier alpha value is -2.42. The van der Waals surface area contributed by atoms with Crippen molar-refractivity contribution < 1.29 is 14.6 Å². The molecule has 3 heteroatoms. The van der Waals surface area contributed by atoms with Crippen molar-refractivity contribution in [2.45, 2.75) is 6.42 Å². The average molecular weight is 254 g/mol. The molecule has 1 N–H and O–H groups in total. The van der Waals surface area contributed by atoms with Gasteiger partial charge in [-0.15, -0.1) is 0 Å². The molecule has 1 aliphatic rings. The molecule has 2 aromatic rings. The maximum atomic E-state index is 9.90. The van der Waals surface area contributed by atoms with E-state index in [2.05, 4.69) is 0 Å². The number of hydrogen-bond acceptors (Lipinski definition) is 3. The second-order valence-electron chi connectivity index (χ2n) is 4.35. The Morgan fingerprint density at radius 2 is 1.79 bits per heavy atom. The second-order valence-corrected chi connectivity index (χ2v) is 4.35. The third-order valence-corrected chi connectivity index (χ3v) is 3.02. The van der Waals surface area contributed by atoms with Crippen LogP contribution in [0.2, 0.25) is 0 Å². The minimum absolute atomic E-state index is 0.220. The van der Waals surface area contributed by atoms with Crippen molar-refractivity contribution in [1.29, 1.82) is 0 Å². The standard InChI is InChI=1S/C16H14O3/c17-14-10-16-15(18-11-19-16)9-13(14)8-4-7-12-5-2-1-3-6-12/h1-7,9-10,17H,8,11H2/b7-4-. The maximum absolute atomic E-state index is 9.90. The summed E-state index contributed by atoms with van der Waals surface area (Å²) < 4.78 is 10.5. The fourth-order valence-electron chi connectivity index (χ4n) is 2.02. The molecule has 0 aliphatic carbocycles. The first-order valence-electron chi connectivity index (χ1n) is 6.16. The summed E-state index contributed by atoms with van der Waals surface area (Å²) in [5, 5.41) is 9.90. The number of allylic oxidation sites excluding steroid dienone is 1. The van der Waals surface area contributed by atoms with Crippen molar-refractivity contribution >= 4 is 6.08 Å². The molecule has 0 saturated heterocycles. The van der Waals surface area contributed by atoms with Gasteiger partial charge in [-0.3, -0.25) is 0 Å². The molecular formula is C16H14O3. The zero-order valence-electron chi connectivity index (χ0n) is 10.4. The first-order valence-corrected chi connectivity index (χ1v) is 6.16. The third-order valence-electron chi connectivity index (χ3n) is 3.02. The van der Waals surface area contributed by atoms with E-state index in [0.29, 0.717) is 17.9 Å². The zero-order valence-corrected chi connectivity index (χ0v) is 10.4. The van der Waals surface area contributed by atoms with E-state index in [-0.39, 0.29) is 12.5 Å². The highest BCUT2D eigenvalue weighted by atomic mass is 16.7. The number of phenols is 1. The summed E-state index contributed by atoms with van der Waals surface area (Å²) in [6.45, 7) is 0.220. The number of ether oxygens (including phenoxy) is 2. The third kappa shape index (κ3) is 2.55. The fourth-order valence-corrected chi connectivity index (χ4v) is 2.02. The molecule has 0 amide bonds. The predicted octanol–water partition coefficient (Wildman–Crippen LogP) is 3.38. The van der Waals surface area contributed by atoms with E-state index in [1.54, 1.807) is 6.07 Å². The van der Waals surface area contributed by atoms with Crippen LogP contribution < -0.4 is 9.47 Å². The molecule has 0 saturated carbocycles. The maximum Gasteiger partial charge on any atom is 0.231 e. The molecule has 3 rings (SSSR count). The number of rotatable bonds is 3. The van der Waals surface area contributed by atoms with Gasteiger partial charge in [0.1, 0.15) is 5.75 Å². The molecule has 0 spiro atoms. The monoisotopic (exact) mass is 254 g/mol. The van der Waals surface area contributed by atoms with Crippen LogP contribution in [0.3, 0.4) is 0 Å². The van der Waals surface area contributed by atoms with Gasteiger partial charge in [0.2, 0.25) is 6.79 Å². The molecule has 1 aliphatic heterocycles. The number of benzene rings is 2. The van der Waals surface area contributed by atoms with E-state index in [1.165, 1.54) is 0 Å². The highest BCUT2D eigenvalue weighted by Crippen LogP contribution is 2.37. The van der Waals surface area contributed by atoms with Gasteiger partial charge in [-0.2, -0.15) is 0 Å². The van der Waals surface area contributed by atoms with Gasteiger partial charge in [-0.1, -0.05) is 42.5 Å². The molecule has 0 fully saturated rings. The molecular weight excluding hydrogens is 240 g/mol. The molecule has 0 radical (unpaired) electrons. The summed E-state index contributed by atoms with van der Waals surface area (Å²) in [4.78, 5) is 0. The quantitative estimate of drug-likeness (QED) is 0.912. The minimum atomic E-state index is 0.220. The van der Waals surface area contributed by atoms with Crippen LogP contribution in [0.4, 0.5) is 0 Å². The van der Waals surface area contributed by atoms with Crippen molar-refractivity contribution in [3.05, 3.63) is 59.7 Å². The Kier molecular flexibility index (Phi) is 3.11. The van der Waals surface area contributed by atoms with Gasteiger partial charge in [0.05, 0.1) is 0 Å². The lowest BCUT2D eigenvalue weighted by molar-refractivity contribution is 0.174. The zero-order chi connectivity index (χ0) is 13.1. The number of phenolic OH excluding ortho intramolecular Hbond substituents is 1. The largest absolute Gasteiger partial charge is 0.508 e. The van der Waals surface area contributed by atoms with Crippen molar-refractivity contribution in [3.63, 3.8) is 0 Å². The van der Waals surface area contributed by atoms with Crippen LogP contribution in [0.25, 0.3) is 6.08 Å². The first-order chi connectivity index (χ1) is 9.33. The Labute approximate surface area is 111 Å². The van der Waals surface area contributed by atoms with Crippen LogP contribution in [0, 0.1) is 0 Å². The Morgan fingerprint density at radius 1 is 1.05 bits per heavy atom. The molecule has 19 heavy (non-hydrogen) atoms. The summed E-state index contributed by atoms with van der Waals surface area (Å²) in [6.07, 6.45) is 4.70. The Balaban J connectivity index is 1.75. The summed E-state index contributed by atoms with van der Waals surface area (Å²) >= 11 is 0. The van der Waals surface area contributed by atoms with Gasteiger partial charge in [-0.25, -0.2) is 0 Å². The predicted molar refractivity (Wildman–Crippen MR) is 73.4 cm³/mol. The molecule has 2 aromatic carbocycles. The normalized spacial score (nSPS) is 13.1. The smallest absolute Gasteiger partial charge is 0.231 e. The molecule has 0 atom stereocenters. The SMILES string of the molecule is Oc1cc2c(cc1C/C=C\c1ccccc1)OCO2. The van der Waals surface area contributed by atoms with E-state index in [9.17, 15) is 5.11 Å². The average Bonchev–Trinajstić information content (AvgIpc) is 2.87. The molecule has 0 unspecified atom stereocenters. The van der Waals surface area contributed by atoms with E-state index in [1.807, 2.05) is 48.6 Å². The lowest BCUT2D eigenvalue weighted by Gasteiger charge is -2.03. The number of fused-ring (bicyclic) bond motifs is 1. The second kappa shape index (κ2) is 5.06. The van der Waals surface area contributed by atoms with Crippen LogP contribution in [0.5, 0.6) is 17.2 Å². The van der Waals surface area contributed by atoms with Crippen molar-refractivity contribution in [3.8, 4) is 17.2 Å². The molecule has 3 nitrogen and oxygen atoms in total. The van der Waals surface area contributed by atoms with Crippen LogP contribution in [-0.4, -0.2) is 11.9 Å². The van der Waals surface area contributed by atoms with Crippen LogP contribution in [0.15, 0.2) is 48.5 Å². The summed E-state index contributed by atoms with van der Waals surface area (Å²) in [7, 11) is 0. The first kappa shape index (κ1) is 11.7. The lowest BCUT2D eigenvalue weighted by Crippen LogP contribution is -1.92. The van der Waals surface area contributed by atoms with Gasteiger partial charge >= 0.3 is 0 Å². The van der Waals surface area contributed by atoms with Crippen LogP contribution in [0.1, 0.15) is 11.1 Å². The van der Waals surface area contributed by atoms with Crippen LogP contribution in [-0.2, 0) is 6.42 Å². The lowest BCUT2D eigenvalue weighted by atomic mass is 10.1. The number of hydrogen-bond donors (Lipinski definition) is 1. The van der Waals surface area contributed by atoms with E-state index in [0.717, 1.165) is 11.1 Å². The van der Waals surface area contributed by atoms with E-state index >= 15 is 0 Å². The fraction of sp³-hybridized carbons (Fsp3) is 0.125. The highest BCUT2D eigenvalue weighted by Gasteiger charge is 2.16. The van der Waals surface area contributed by atoms with Gasteiger partial charge in [0, 0.05) is 11.6 Å². The van der Waals surface area contributed by atoms with Gasteiger partial charge in [0.15, 0.2) is 11.5 Å². The van der Waals surface area contributed by atoms with Gasteiger partial charge < -0.3 is 14.6 Å². The van der Waals surface area contributed by atoms with E-state index < -0.39 is 0 Å². The minimum Gasteiger partial charge on any atom is -0.508 e. The Bertz CT molecular complexity index is 603. The summed E-state index contributed by atoms with van der Waals surface area (Å²) in [5.41, 5.74) is 1.97. The molecule has 0 aromatic heterocycles. The summed E-state index contributed by atoms with van der Waals surface area (Å²) in [6, 6.07) is 13.5. The van der Waals surface area contributed by atoms with Crippen molar-refractivity contribution in [2.24, 2.45) is 0 Å². The van der Waals surface area contributed by atoms with Gasteiger partial charge in [-0.05, 0) is 18.1 Å². The van der Waals surface area contributed by atoms with Crippen LogP contribution >= 0.6 is 0 Å². The van der Waals surface area contributed by atoms with Crippen molar-refractivity contribution in [1.82, 2.24) is 0 Å².